The van der Waals surface area contributed by atoms with Crippen molar-refractivity contribution in [2.24, 2.45) is 46.3 Å². The number of aliphatic hydroxyl groups excluding tert-OH is 10. The van der Waals surface area contributed by atoms with Crippen LogP contribution in [0.2, 0.25) is 0 Å². The Morgan fingerprint density at radius 1 is 0.667 bits per heavy atom. The van der Waals surface area contributed by atoms with Crippen LogP contribution in [0.3, 0.4) is 0 Å². The molecule has 7 aliphatic rings. The number of hydrogen-bond acceptors (Lipinski definition) is 19. The number of aliphatic hydroxyl groups is 11. The van der Waals surface area contributed by atoms with E-state index < -0.39 is 145 Å². The molecule has 3 saturated heterocycles. The molecule has 0 radical (unpaired) electrons. The van der Waals surface area contributed by atoms with Crippen LogP contribution in [0.5, 0.6) is 0 Å². The van der Waals surface area contributed by atoms with Gasteiger partial charge in [-0.05, 0) is 79.4 Å². The molecule has 0 aromatic heterocycles. The molecule has 63 heavy (non-hydrogen) atoms. The molecule has 4 saturated carbocycles. The van der Waals surface area contributed by atoms with E-state index in [2.05, 4.69) is 13.8 Å². The zero-order chi connectivity index (χ0) is 46.1. The number of methoxy groups -OCH3 is 2. The lowest BCUT2D eigenvalue weighted by atomic mass is 9.40. The largest absolute Gasteiger partial charge is 0.393 e. The fourth-order valence-electron chi connectivity index (χ4n) is 13.5. The minimum atomic E-state index is -1.87. The first kappa shape index (κ1) is 50.1. The SMILES string of the molecule is CO[C@H]1[C@H](O[C@H]2CC[C@@]3(C)C([C@H]2O)[C@@H](O)[C@@H](O)[C@@]2(O)[C@@H]4[C@H](O)C[C@H]([C@H](C)CC[C@H](O[C@@H]5O[C@@H](CO[C@H]6OC[C@H](O)[C@@H](O)[C@@H]6O)[C@H](O)[C@H]5O)C(C)C)[C@@]4(C)CC[C@@H]23)OC[C@@H](OC)[C@@H]1O. The van der Waals surface area contributed by atoms with Crippen molar-refractivity contribution >= 4 is 0 Å². The van der Waals surface area contributed by atoms with Crippen molar-refractivity contribution in [1.82, 2.24) is 0 Å². The Bertz CT molecular complexity index is 1510. The number of hydrogen-bond donors (Lipinski definition) is 11. The van der Waals surface area contributed by atoms with Crippen molar-refractivity contribution in [2.75, 3.05) is 34.0 Å². The molecular formula is C44H76O19. The van der Waals surface area contributed by atoms with Crippen molar-refractivity contribution in [3.63, 3.8) is 0 Å². The highest BCUT2D eigenvalue weighted by molar-refractivity contribution is 5.24. The third-order valence-electron chi connectivity index (χ3n) is 17.0. The van der Waals surface area contributed by atoms with E-state index in [0.29, 0.717) is 44.9 Å². The van der Waals surface area contributed by atoms with Gasteiger partial charge in [-0.1, -0.05) is 34.6 Å². The summed E-state index contributed by atoms with van der Waals surface area (Å²) in [6, 6.07) is 0. The summed E-state index contributed by atoms with van der Waals surface area (Å²) in [6.45, 7) is 9.57. The predicted molar refractivity (Wildman–Crippen MR) is 217 cm³/mol. The Morgan fingerprint density at radius 2 is 1.33 bits per heavy atom. The average molecular weight is 909 g/mol. The van der Waals surface area contributed by atoms with Crippen LogP contribution >= 0.6 is 0 Å². The van der Waals surface area contributed by atoms with E-state index in [4.69, 9.17) is 37.9 Å². The van der Waals surface area contributed by atoms with E-state index in [1.54, 1.807) is 0 Å². The Kier molecular flexibility index (Phi) is 15.4. The van der Waals surface area contributed by atoms with Gasteiger partial charge in [0, 0.05) is 26.1 Å². The lowest BCUT2D eigenvalue weighted by Gasteiger charge is -2.68. The summed E-state index contributed by atoms with van der Waals surface area (Å²) < 4.78 is 45.9. The Hall–Kier alpha value is -0.760. The molecule has 0 aromatic carbocycles. The van der Waals surface area contributed by atoms with Crippen molar-refractivity contribution < 1.29 is 94.1 Å². The summed E-state index contributed by atoms with van der Waals surface area (Å²) in [6.07, 6.45) is -17.4. The van der Waals surface area contributed by atoms with Gasteiger partial charge in [0.2, 0.25) is 0 Å². The van der Waals surface area contributed by atoms with Gasteiger partial charge in [-0.15, -0.1) is 0 Å². The van der Waals surface area contributed by atoms with Gasteiger partial charge in [-0.25, -0.2) is 0 Å². The number of rotatable bonds is 14. The normalized spacial score (nSPS) is 53.5. The van der Waals surface area contributed by atoms with Gasteiger partial charge in [0.1, 0.15) is 66.6 Å². The summed E-state index contributed by atoms with van der Waals surface area (Å²) >= 11 is 0. The number of fused-ring (bicyclic) bond motifs is 5. The summed E-state index contributed by atoms with van der Waals surface area (Å²) in [7, 11) is 2.88. The zero-order valence-corrected chi connectivity index (χ0v) is 37.6. The first-order valence-corrected chi connectivity index (χ1v) is 23.0. The molecule has 19 heteroatoms. The highest BCUT2D eigenvalue weighted by Crippen LogP contribution is 2.70. The van der Waals surface area contributed by atoms with Gasteiger partial charge in [0.25, 0.3) is 0 Å². The quantitative estimate of drug-likeness (QED) is 0.0852. The van der Waals surface area contributed by atoms with E-state index in [1.165, 1.54) is 14.2 Å². The van der Waals surface area contributed by atoms with Crippen LogP contribution in [0.4, 0.5) is 0 Å². The number of ether oxygens (including phenoxy) is 8. The summed E-state index contributed by atoms with van der Waals surface area (Å²) in [4.78, 5) is 0. The first-order valence-electron chi connectivity index (χ1n) is 23.0. The summed E-state index contributed by atoms with van der Waals surface area (Å²) in [5, 5.41) is 123. The standard InChI is InChI=1S/C44H76O19/c1-18(2)23(61-40-35(53)31(49)26(63-40)17-59-39-34(52)29(47)22(46)15-58-39)9-8-19(3)20-14-21(45)37-42(20,4)13-11-27-43(5)12-10-24(30(48)28(43)33(51)38(54)44(27,37)55)62-41-36(57-7)32(50)25(56-6)16-60-41/h18-41,45-55H,8-17H2,1-7H3/t19-,20-,21-,22+,23+,24+,25-,26+,27-,28?,29-,30+,31+,32+,33-,34+,35-,36-,37-,38-,39-,40-,41+,42-,43-,44+/m1/s1. The van der Waals surface area contributed by atoms with Crippen LogP contribution in [0.1, 0.15) is 79.6 Å². The van der Waals surface area contributed by atoms with Crippen LogP contribution in [-0.4, -0.2) is 206 Å². The molecule has 7 rings (SSSR count). The maximum absolute atomic E-state index is 13.0. The first-order chi connectivity index (χ1) is 29.6. The second-order valence-electron chi connectivity index (χ2n) is 20.8. The average Bonchev–Trinajstić information content (AvgIpc) is 3.68. The molecule has 366 valence electrons. The van der Waals surface area contributed by atoms with Crippen LogP contribution in [0, 0.1) is 46.3 Å². The van der Waals surface area contributed by atoms with Crippen molar-refractivity contribution in [2.45, 2.75) is 196 Å². The molecule has 0 aromatic rings. The van der Waals surface area contributed by atoms with E-state index in [0.717, 1.165) is 0 Å². The van der Waals surface area contributed by atoms with Gasteiger partial charge in [0.05, 0.1) is 50.3 Å². The van der Waals surface area contributed by atoms with Crippen LogP contribution in [-0.2, 0) is 37.9 Å². The van der Waals surface area contributed by atoms with Crippen LogP contribution in [0.15, 0.2) is 0 Å². The molecule has 11 N–H and O–H groups in total. The Morgan fingerprint density at radius 3 is 2.00 bits per heavy atom. The molecule has 26 atom stereocenters. The van der Waals surface area contributed by atoms with Crippen molar-refractivity contribution in [3.8, 4) is 0 Å². The van der Waals surface area contributed by atoms with Crippen LogP contribution < -0.4 is 0 Å². The molecule has 0 spiro atoms. The maximum Gasteiger partial charge on any atom is 0.186 e. The topological polar surface area (TPSA) is 296 Å². The maximum atomic E-state index is 13.0. The highest BCUT2D eigenvalue weighted by atomic mass is 16.7. The Balaban J connectivity index is 0.989. The lowest BCUT2D eigenvalue weighted by molar-refractivity contribution is -0.339. The molecule has 1 unspecified atom stereocenters. The van der Waals surface area contributed by atoms with E-state index in [1.807, 2.05) is 20.8 Å². The second kappa shape index (κ2) is 19.3. The Labute approximate surface area is 369 Å². The molecule has 7 fully saturated rings. The van der Waals surface area contributed by atoms with Gasteiger partial charge < -0.3 is 94.1 Å². The third-order valence-corrected chi connectivity index (χ3v) is 17.0. The molecule has 3 heterocycles. The fourth-order valence-corrected chi connectivity index (χ4v) is 13.5. The summed E-state index contributed by atoms with van der Waals surface area (Å²) in [5.74, 6) is -2.30. The molecule has 0 bridgehead atoms. The fraction of sp³-hybridized carbons (Fsp3) is 1.00. The summed E-state index contributed by atoms with van der Waals surface area (Å²) in [5.41, 5.74) is -3.33. The van der Waals surface area contributed by atoms with Gasteiger partial charge in [-0.3, -0.25) is 0 Å². The van der Waals surface area contributed by atoms with Crippen LogP contribution in [0.25, 0.3) is 0 Å². The van der Waals surface area contributed by atoms with Crippen molar-refractivity contribution in [1.29, 1.82) is 0 Å². The second-order valence-corrected chi connectivity index (χ2v) is 20.8. The third kappa shape index (κ3) is 8.69. The van der Waals surface area contributed by atoms with Gasteiger partial charge >= 0.3 is 0 Å². The minimum absolute atomic E-state index is 0.00983. The molecule has 0 amide bonds. The highest BCUT2D eigenvalue weighted by Gasteiger charge is 2.75. The molecular weight excluding hydrogens is 832 g/mol. The molecule has 3 aliphatic heterocycles. The zero-order valence-electron chi connectivity index (χ0n) is 37.6. The van der Waals surface area contributed by atoms with E-state index in [9.17, 15) is 56.2 Å². The van der Waals surface area contributed by atoms with Gasteiger partial charge in [0.15, 0.2) is 18.9 Å². The monoisotopic (exact) mass is 908 g/mol. The van der Waals surface area contributed by atoms with E-state index in [-0.39, 0.29) is 37.6 Å². The minimum Gasteiger partial charge on any atom is -0.393 e. The smallest absolute Gasteiger partial charge is 0.186 e. The lowest BCUT2D eigenvalue weighted by Crippen LogP contribution is -2.77. The van der Waals surface area contributed by atoms with E-state index >= 15 is 0 Å². The predicted octanol–water partition coefficient (Wildman–Crippen LogP) is -1.86. The molecule has 4 aliphatic carbocycles. The van der Waals surface area contributed by atoms with Crippen molar-refractivity contribution in [3.05, 3.63) is 0 Å². The van der Waals surface area contributed by atoms with Gasteiger partial charge in [-0.2, -0.15) is 0 Å². The molecule has 19 nitrogen and oxygen atoms in total.